The average molecular weight is 477 g/mol. The van der Waals surface area contributed by atoms with E-state index >= 15 is 0 Å². The number of hydrogen-bond acceptors (Lipinski definition) is 7. The molecule has 8 nitrogen and oxygen atoms in total. The Morgan fingerprint density at radius 3 is 2.41 bits per heavy atom. The highest BCUT2D eigenvalue weighted by Crippen LogP contribution is 2.34. The minimum absolute atomic E-state index is 0.0331. The number of amides is 2. The second-order valence-electron chi connectivity index (χ2n) is 7.33. The summed E-state index contributed by atoms with van der Waals surface area (Å²) >= 11 is 5.26. The minimum Gasteiger partial charge on any atom is -0.497 e. The zero-order valence-corrected chi connectivity index (χ0v) is 19.4. The molecular formula is C25H20N2O6S. The van der Waals surface area contributed by atoms with E-state index < -0.39 is 11.8 Å². The van der Waals surface area contributed by atoms with Crippen LogP contribution in [-0.4, -0.2) is 36.9 Å². The van der Waals surface area contributed by atoms with Crippen molar-refractivity contribution in [2.75, 3.05) is 19.1 Å². The molecule has 1 saturated heterocycles. The van der Waals surface area contributed by atoms with Gasteiger partial charge in [0.15, 0.2) is 10.9 Å². The molecule has 172 valence electrons. The Hall–Kier alpha value is -4.24. The normalized spacial score (nSPS) is 14.9. The predicted molar refractivity (Wildman–Crippen MR) is 130 cm³/mol. The van der Waals surface area contributed by atoms with Gasteiger partial charge < -0.3 is 13.9 Å². The van der Waals surface area contributed by atoms with E-state index in [1.807, 2.05) is 0 Å². The van der Waals surface area contributed by atoms with E-state index in [2.05, 4.69) is 5.32 Å². The summed E-state index contributed by atoms with van der Waals surface area (Å²) < 4.78 is 16.4. The number of carbonyl (C=O) groups is 3. The summed E-state index contributed by atoms with van der Waals surface area (Å²) in [5.41, 5.74) is 1.54. The number of benzene rings is 2. The quantitative estimate of drug-likeness (QED) is 0.249. The third kappa shape index (κ3) is 4.33. The van der Waals surface area contributed by atoms with Crippen molar-refractivity contribution in [1.29, 1.82) is 0 Å². The van der Waals surface area contributed by atoms with Gasteiger partial charge >= 0.3 is 0 Å². The van der Waals surface area contributed by atoms with Gasteiger partial charge in [-0.3, -0.25) is 19.7 Å². The molecule has 1 aliphatic heterocycles. The molecule has 0 aliphatic carbocycles. The summed E-state index contributed by atoms with van der Waals surface area (Å²) in [5.74, 6) is 0.418. The van der Waals surface area contributed by atoms with Crippen LogP contribution < -0.4 is 19.7 Å². The predicted octanol–water partition coefficient (Wildman–Crippen LogP) is 4.00. The van der Waals surface area contributed by atoms with Crippen LogP contribution in [0.2, 0.25) is 0 Å². The number of ether oxygens (including phenoxy) is 2. The van der Waals surface area contributed by atoms with E-state index in [0.717, 1.165) is 5.56 Å². The third-order valence-electron chi connectivity index (χ3n) is 5.22. The van der Waals surface area contributed by atoms with Crippen LogP contribution in [0.1, 0.15) is 23.0 Å². The van der Waals surface area contributed by atoms with Crippen LogP contribution in [0.25, 0.3) is 17.4 Å². The number of ketones is 1. The largest absolute Gasteiger partial charge is 0.497 e. The summed E-state index contributed by atoms with van der Waals surface area (Å²) in [5, 5.41) is 2.46. The number of nitrogens with zero attached hydrogens (tertiary/aromatic N) is 1. The fraction of sp³-hybridized carbons (Fsp3) is 0.120. The first-order valence-electron chi connectivity index (χ1n) is 10.2. The lowest BCUT2D eigenvalue weighted by Gasteiger charge is -2.29. The second-order valence-corrected chi connectivity index (χ2v) is 7.72. The van der Waals surface area contributed by atoms with Crippen molar-refractivity contribution in [1.82, 2.24) is 5.32 Å². The zero-order chi connectivity index (χ0) is 24.4. The van der Waals surface area contributed by atoms with Crippen LogP contribution in [0.15, 0.2) is 64.6 Å². The maximum Gasteiger partial charge on any atom is 0.270 e. The summed E-state index contributed by atoms with van der Waals surface area (Å²) in [4.78, 5) is 38.6. The van der Waals surface area contributed by atoms with Gasteiger partial charge in [-0.2, -0.15) is 0 Å². The summed E-state index contributed by atoms with van der Waals surface area (Å²) in [6.07, 6.45) is 1.36. The van der Waals surface area contributed by atoms with E-state index in [1.54, 1.807) is 54.6 Å². The van der Waals surface area contributed by atoms with Crippen molar-refractivity contribution in [3.8, 4) is 22.8 Å². The van der Waals surface area contributed by atoms with Gasteiger partial charge in [-0.15, -0.1) is 0 Å². The molecule has 1 fully saturated rings. The lowest BCUT2D eigenvalue weighted by atomic mass is 10.1. The van der Waals surface area contributed by atoms with Gasteiger partial charge in [-0.1, -0.05) is 24.3 Å². The molecule has 0 atom stereocenters. The van der Waals surface area contributed by atoms with Crippen molar-refractivity contribution in [2.24, 2.45) is 0 Å². The van der Waals surface area contributed by atoms with E-state index in [4.69, 9.17) is 26.1 Å². The van der Waals surface area contributed by atoms with Crippen molar-refractivity contribution in [3.63, 3.8) is 0 Å². The van der Waals surface area contributed by atoms with Gasteiger partial charge in [0, 0.05) is 17.2 Å². The lowest BCUT2D eigenvalue weighted by molar-refractivity contribution is -0.122. The molecule has 2 amide bonds. The first kappa shape index (κ1) is 22.9. The Labute approximate surface area is 200 Å². The number of nitrogens with one attached hydrogen (secondary N) is 1. The van der Waals surface area contributed by atoms with Crippen molar-refractivity contribution in [3.05, 3.63) is 71.5 Å². The molecule has 2 aromatic carbocycles. The summed E-state index contributed by atoms with van der Waals surface area (Å²) in [6, 6.07) is 15.2. The van der Waals surface area contributed by atoms with E-state index in [-0.39, 0.29) is 16.5 Å². The molecule has 3 aromatic rings. The molecule has 1 aliphatic rings. The van der Waals surface area contributed by atoms with Crippen LogP contribution >= 0.6 is 12.2 Å². The molecule has 0 unspecified atom stereocenters. The Morgan fingerprint density at radius 2 is 1.76 bits per heavy atom. The number of furan rings is 1. The maximum atomic E-state index is 13.3. The molecule has 0 saturated carbocycles. The molecule has 0 spiro atoms. The third-order valence-corrected chi connectivity index (χ3v) is 5.50. The average Bonchev–Trinajstić information content (AvgIpc) is 3.30. The number of hydrogen-bond donors (Lipinski definition) is 1. The topological polar surface area (TPSA) is 98.1 Å². The summed E-state index contributed by atoms with van der Waals surface area (Å²) in [7, 11) is 2.97. The second kappa shape index (κ2) is 9.32. The van der Waals surface area contributed by atoms with Crippen LogP contribution in [0.4, 0.5) is 5.69 Å². The van der Waals surface area contributed by atoms with Crippen molar-refractivity contribution in [2.45, 2.75) is 6.92 Å². The number of rotatable bonds is 6. The van der Waals surface area contributed by atoms with Gasteiger partial charge in [-0.25, -0.2) is 4.90 Å². The number of thiocarbonyl (C=S) groups is 1. The highest BCUT2D eigenvalue weighted by molar-refractivity contribution is 7.80. The van der Waals surface area contributed by atoms with Crippen LogP contribution in [0.5, 0.6) is 11.5 Å². The molecule has 0 radical (unpaired) electrons. The number of carbonyl (C=O) groups excluding carboxylic acids is 3. The smallest absolute Gasteiger partial charge is 0.270 e. The molecule has 1 N–H and O–H groups in total. The molecule has 2 heterocycles. The molecule has 9 heteroatoms. The highest BCUT2D eigenvalue weighted by atomic mass is 32.1. The fourth-order valence-electron chi connectivity index (χ4n) is 3.44. The summed E-state index contributed by atoms with van der Waals surface area (Å²) in [6.45, 7) is 1.49. The van der Waals surface area contributed by atoms with E-state index in [9.17, 15) is 14.4 Å². The van der Waals surface area contributed by atoms with Gasteiger partial charge in [0.2, 0.25) is 0 Å². The Balaban J connectivity index is 1.66. The Kier molecular flexibility index (Phi) is 6.29. The molecule has 1 aromatic heterocycles. The minimum atomic E-state index is -0.637. The number of methoxy groups -OCH3 is 2. The van der Waals surface area contributed by atoms with Gasteiger partial charge in [0.1, 0.15) is 28.6 Å². The van der Waals surface area contributed by atoms with Gasteiger partial charge in [0.05, 0.1) is 19.9 Å². The van der Waals surface area contributed by atoms with Crippen LogP contribution in [-0.2, 0) is 9.59 Å². The van der Waals surface area contributed by atoms with Crippen molar-refractivity contribution >= 4 is 46.7 Å². The Bertz CT molecular complexity index is 1340. The molecule has 0 bridgehead atoms. The van der Waals surface area contributed by atoms with Gasteiger partial charge in [0.25, 0.3) is 11.8 Å². The standard InChI is InChI=1S/C25H20N2O6S/c1-14(28)15-4-6-16(7-5-15)21-11-9-18(33-21)12-19-23(29)26-25(34)27(24(19)30)20-10-8-17(31-2)13-22(20)32-3/h4-13H,1-3H3,(H,26,29,34)/b19-12+. The zero-order valence-electron chi connectivity index (χ0n) is 18.6. The van der Waals surface area contributed by atoms with Crippen LogP contribution in [0.3, 0.4) is 0 Å². The Morgan fingerprint density at radius 1 is 1.03 bits per heavy atom. The van der Waals surface area contributed by atoms with Crippen molar-refractivity contribution < 1.29 is 28.3 Å². The lowest BCUT2D eigenvalue weighted by Crippen LogP contribution is -2.54. The van der Waals surface area contributed by atoms with Crippen LogP contribution in [0, 0.1) is 0 Å². The number of anilines is 1. The first-order valence-corrected chi connectivity index (χ1v) is 10.6. The molecule has 34 heavy (non-hydrogen) atoms. The molecular weight excluding hydrogens is 456 g/mol. The van der Waals surface area contributed by atoms with Gasteiger partial charge in [-0.05, 0) is 49.5 Å². The SMILES string of the molecule is COc1ccc(N2C(=O)/C(=C/c3ccc(-c4ccc(C(C)=O)cc4)o3)C(=O)NC2=S)c(OC)c1. The first-order chi connectivity index (χ1) is 16.3. The number of Topliss-reactive ketones (excluding diaryl/α,β-unsaturated/α-hetero) is 1. The maximum absolute atomic E-state index is 13.3. The van der Waals surface area contributed by atoms with E-state index in [0.29, 0.717) is 34.3 Å². The fourth-order valence-corrected chi connectivity index (χ4v) is 3.72. The molecule has 4 rings (SSSR count). The monoisotopic (exact) mass is 476 g/mol. The highest BCUT2D eigenvalue weighted by Gasteiger charge is 2.36. The van der Waals surface area contributed by atoms with E-state index in [1.165, 1.54) is 32.1 Å².